The molecule has 1 saturated carbocycles. The Morgan fingerprint density at radius 2 is 2.16 bits per heavy atom. The Labute approximate surface area is 117 Å². The van der Waals surface area contributed by atoms with Crippen molar-refractivity contribution in [3.8, 4) is 0 Å². The van der Waals surface area contributed by atoms with Crippen molar-refractivity contribution < 1.29 is 13.6 Å². The van der Waals surface area contributed by atoms with Crippen molar-refractivity contribution in [2.24, 2.45) is 5.92 Å². The average molecular weight is 302 g/mol. The molecule has 2 aromatic heterocycles. The monoisotopic (exact) mass is 301 g/mol. The number of rotatable bonds is 2. The highest BCUT2D eigenvalue weighted by molar-refractivity contribution is 7.20. The minimum absolute atomic E-state index is 0.192. The van der Waals surface area contributed by atoms with Crippen LogP contribution in [0, 0.1) is 12.8 Å². The summed E-state index contributed by atoms with van der Waals surface area (Å²) in [5.41, 5.74) is 0.810. The van der Waals surface area contributed by atoms with Gasteiger partial charge in [-0.05, 0) is 24.6 Å². The number of thiophene rings is 1. The molecule has 19 heavy (non-hydrogen) atoms. The second-order valence-corrected chi connectivity index (χ2v) is 6.25. The third-order valence-electron chi connectivity index (χ3n) is 3.45. The molecule has 0 bridgehead atoms. The molecule has 0 radical (unpaired) electrons. The van der Waals surface area contributed by atoms with E-state index in [0.29, 0.717) is 14.9 Å². The first-order valence-electron chi connectivity index (χ1n) is 5.85. The summed E-state index contributed by atoms with van der Waals surface area (Å²) in [5, 5.41) is 1.23. The first kappa shape index (κ1) is 12.9. The Morgan fingerprint density at radius 1 is 1.47 bits per heavy atom. The number of hydrogen-bond donors (Lipinski definition) is 0. The largest absolute Gasteiger partial charge is 0.293 e. The van der Waals surface area contributed by atoms with E-state index in [4.69, 9.17) is 11.6 Å². The van der Waals surface area contributed by atoms with Gasteiger partial charge in [0.05, 0.1) is 4.88 Å². The number of Topliss-reactive ketones (excluding diaryl/α,β-unsaturated/α-hetero) is 1. The van der Waals surface area contributed by atoms with Gasteiger partial charge in [-0.15, -0.1) is 11.3 Å². The fourth-order valence-corrected chi connectivity index (χ4v) is 3.74. The molecular formula is C13H10ClF2NOS. The van der Waals surface area contributed by atoms with Crippen molar-refractivity contribution in [1.82, 2.24) is 4.98 Å². The third kappa shape index (κ3) is 2.15. The minimum atomic E-state index is -2.67. The van der Waals surface area contributed by atoms with Crippen LogP contribution in [0.5, 0.6) is 0 Å². The van der Waals surface area contributed by atoms with E-state index in [-0.39, 0.29) is 18.6 Å². The molecule has 0 spiro atoms. The van der Waals surface area contributed by atoms with Gasteiger partial charge in [0.1, 0.15) is 9.98 Å². The molecule has 1 aliphatic carbocycles. The quantitative estimate of drug-likeness (QED) is 0.604. The molecule has 2 nitrogen and oxygen atoms in total. The summed E-state index contributed by atoms with van der Waals surface area (Å²) in [4.78, 5) is 17.6. The number of halogens is 3. The zero-order valence-corrected chi connectivity index (χ0v) is 11.6. The number of hydrogen-bond acceptors (Lipinski definition) is 3. The number of ketones is 1. The lowest BCUT2D eigenvalue weighted by Crippen LogP contribution is -2.39. The lowest BCUT2D eigenvalue weighted by molar-refractivity contribution is -0.0981. The van der Waals surface area contributed by atoms with Crippen LogP contribution in [0.25, 0.3) is 10.2 Å². The first-order chi connectivity index (χ1) is 8.87. The lowest BCUT2D eigenvalue weighted by Gasteiger charge is -2.33. The van der Waals surface area contributed by atoms with E-state index in [1.165, 1.54) is 11.3 Å². The summed E-state index contributed by atoms with van der Waals surface area (Å²) in [6, 6.07) is 3.47. The Morgan fingerprint density at radius 3 is 2.79 bits per heavy atom. The molecule has 0 saturated heterocycles. The zero-order valence-electron chi connectivity index (χ0n) is 10.0. The van der Waals surface area contributed by atoms with E-state index >= 15 is 0 Å². The molecule has 2 heterocycles. The van der Waals surface area contributed by atoms with E-state index < -0.39 is 11.8 Å². The molecule has 1 fully saturated rings. The number of fused-ring (bicyclic) bond motifs is 1. The first-order valence-corrected chi connectivity index (χ1v) is 7.04. The van der Waals surface area contributed by atoms with Crippen molar-refractivity contribution in [2.45, 2.75) is 25.7 Å². The van der Waals surface area contributed by atoms with E-state index in [9.17, 15) is 13.6 Å². The minimum Gasteiger partial charge on any atom is -0.293 e. The number of aryl methyl sites for hydroxylation is 1. The number of pyridine rings is 1. The number of aromatic nitrogens is 1. The van der Waals surface area contributed by atoms with Crippen LogP contribution in [0.15, 0.2) is 12.1 Å². The number of carbonyl (C=O) groups excluding carboxylic acids is 1. The van der Waals surface area contributed by atoms with Crippen LogP contribution >= 0.6 is 22.9 Å². The number of carbonyl (C=O) groups is 1. The van der Waals surface area contributed by atoms with Crippen molar-refractivity contribution in [3.63, 3.8) is 0 Å². The summed E-state index contributed by atoms with van der Waals surface area (Å²) in [5.74, 6) is -3.42. The lowest BCUT2D eigenvalue weighted by atomic mass is 9.77. The van der Waals surface area contributed by atoms with Gasteiger partial charge < -0.3 is 0 Å². The molecule has 1 aliphatic rings. The second kappa shape index (κ2) is 4.21. The Balaban J connectivity index is 1.97. The maximum absolute atomic E-state index is 12.8. The van der Waals surface area contributed by atoms with Crippen LogP contribution in [0.4, 0.5) is 8.78 Å². The summed E-state index contributed by atoms with van der Waals surface area (Å²) in [6.45, 7) is 1.82. The van der Waals surface area contributed by atoms with E-state index in [0.717, 1.165) is 10.9 Å². The van der Waals surface area contributed by atoms with Gasteiger partial charge >= 0.3 is 0 Å². The smallest absolute Gasteiger partial charge is 0.249 e. The summed E-state index contributed by atoms with van der Waals surface area (Å²) < 4.78 is 25.7. The summed E-state index contributed by atoms with van der Waals surface area (Å²) >= 11 is 7.04. The maximum Gasteiger partial charge on any atom is 0.249 e. The molecule has 6 heteroatoms. The van der Waals surface area contributed by atoms with Crippen LogP contribution in [0.3, 0.4) is 0 Å². The molecule has 2 aromatic rings. The van der Waals surface area contributed by atoms with Crippen LogP contribution in [0.1, 0.15) is 28.1 Å². The molecular weight excluding hydrogens is 292 g/mol. The fraction of sp³-hybridized carbons (Fsp3) is 0.385. The highest BCUT2D eigenvalue weighted by Crippen LogP contribution is 2.45. The van der Waals surface area contributed by atoms with Crippen molar-refractivity contribution in [2.75, 3.05) is 0 Å². The van der Waals surface area contributed by atoms with Gasteiger partial charge in [-0.2, -0.15) is 0 Å². The van der Waals surface area contributed by atoms with Crippen LogP contribution in [-0.4, -0.2) is 16.7 Å². The van der Waals surface area contributed by atoms with Crippen LogP contribution < -0.4 is 0 Å². The van der Waals surface area contributed by atoms with Crippen LogP contribution in [-0.2, 0) is 0 Å². The molecule has 3 rings (SSSR count). The molecule has 0 aromatic carbocycles. The average Bonchev–Trinajstić information content (AvgIpc) is 2.62. The molecule has 0 amide bonds. The van der Waals surface area contributed by atoms with Gasteiger partial charge in [0.25, 0.3) is 0 Å². The van der Waals surface area contributed by atoms with Gasteiger partial charge in [0.15, 0.2) is 5.78 Å². The van der Waals surface area contributed by atoms with Gasteiger partial charge in [-0.3, -0.25) is 4.79 Å². The highest BCUT2D eigenvalue weighted by Gasteiger charge is 2.49. The van der Waals surface area contributed by atoms with Crippen molar-refractivity contribution >= 4 is 38.9 Å². The Hall–Kier alpha value is -1.07. The van der Waals surface area contributed by atoms with Crippen molar-refractivity contribution in [1.29, 1.82) is 0 Å². The standard InChI is InChI=1S/C13H10ClF2NOS/c1-6-8-2-3-9(14)17-12(8)19-11(6)10(18)7-4-13(15,16)5-7/h2-3,7H,4-5H2,1H3. The van der Waals surface area contributed by atoms with Gasteiger partial charge in [0.2, 0.25) is 5.92 Å². The number of alkyl halides is 2. The maximum atomic E-state index is 12.8. The van der Waals surface area contributed by atoms with Crippen LogP contribution in [0.2, 0.25) is 5.15 Å². The number of nitrogens with zero attached hydrogens (tertiary/aromatic N) is 1. The Kier molecular flexibility index (Phi) is 2.87. The zero-order chi connectivity index (χ0) is 13.8. The molecule has 0 N–H and O–H groups in total. The van der Waals surface area contributed by atoms with Gasteiger partial charge in [-0.25, -0.2) is 13.8 Å². The Bertz CT molecular complexity index is 675. The SMILES string of the molecule is Cc1c(C(=O)C2CC(F)(F)C2)sc2nc(Cl)ccc12. The van der Waals surface area contributed by atoms with Gasteiger partial charge in [-0.1, -0.05) is 11.6 Å². The molecule has 0 unspecified atom stereocenters. The van der Waals surface area contributed by atoms with E-state index in [1.54, 1.807) is 6.07 Å². The molecule has 100 valence electrons. The predicted molar refractivity (Wildman–Crippen MR) is 71.4 cm³/mol. The summed E-state index contributed by atoms with van der Waals surface area (Å²) in [6.07, 6.45) is -0.679. The molecule has 0 aliphatic heterocycles. The topological polar surface area (TPSA) is 30.0 Å². The second-order valence-electron chi connectivity index (χ2n) is 4.87. The van der Waals surface area contributed by atoms with Gasteiger partial charge in [0, 0.05) is 24.1 Å². The normalized spacial score (nSPS) is 18.5. The molecule has 0 atom stereocenters. The van der Waals surface area contributed by atoms with Crippen molar-refractivity contribution in [3.05, 3.63) is 27.7 Å². The third-order valence-corrected chi connectivity index (χ3v) is 4.88. The fourth-order valence-electron chi connectivity index (χ4n) is 2.34. The highest BCUT2D eigenvalue weighted by atomic mass is 35.5. The predicted octanol–water partition coefficient (Wildman–Crippen LogP) is 4.49. The van der Waals surface area contributed by atoms with E-state index in [2.05, 4.69) is 4.98 Å². The van der Waals surface area contributed by atoms with E-state index in [1.807, 2.05) is 13.0 Å². The summed E-state index contributed by atoms with van der Waals surface area (Å²) in [7, 11) is 0.